The lowest BCUT2D eigenvalue weighted by molar-refractivity contribution is 0.0992. The summed E-state index contributed by atoms with van der Waals surface area (Å²) < 4.78 is 14.5. The maximum atomic E-state index is 13.1. The molecule has 1 unspecified atom stereocenters. The summed E-state index contributed by atoms with van der Waals surface area (Å²) in [5, 5.41) is 9.99. The normalized spacial score (nSPS) is 12.1. The van der Waals surface area contributed by atoms with Crippen molar-refractivity contribution in [3.63, 3.8) is 0 Å². The first-order chi connectivity index (χ1) is 11.9. The van der Waals surface area contributed by atoms with Crippen LogP contribution in [0.5, 0.6) is 0 Å². The van der Waals surface area contributed by atoms with E-state index in [0.29, 0.717) is 20.8 Å². The number of nitriles is 1. The van der Waals surface area contributed by atoms with Gasteiger partial charge in [-0.15, -0.1) is 0 Å². The van der Waals surface area contributed by atoms with Crippen LogP contribution in [0.25, 0.3) is 10.9 Å². The van der Waals surface area contributed by atoms with E-state index in [4.69, 9.17) is 28.5 Å². The molecular formula is C18H12Cl2N2O2S. The van der Waals surface area contributed by atoms with Crippen LogP contribution in [0.1, 0.15) is 22.5 Å². The van der Waals surface area contributed by atoms with Gasteiger partial charge in [0.05, 0.1) is 16.1 Å². The van der Waals surface area contributed by atoms with Gasteiger partial charge in [0.15, 0.2) is 10.7 Å². The molecule has 0 saturated carbocycles. The van der Waals surface area contributed by atoms with E-state index in [0.717, 1.165) is 5.56 Å². The van der Waals surface area contributed by atoms with E-state index < -0.39 is 17.1 Å². The van der Waals surface area contributed by atoms with E-state index >= 15 is 0 Å². The zero-order chi connectivity index (χ0) is 18.1. The number of rotatable bonds is 4. The van der Waals surface area contributed by atoms with Crippen LogP contribution in [0.3, 0.4) is 0 Å². The molecule has 0 bridgehead atoms. The SMILES string of the molecule is Cc1ccc([S+]([O-])n2c(C(=O)CC#N)cc3c(Cl)c(Cl)ccc32)cc1. The Morgan fingerprint density at radius 2 is 1.92 bits per heavy atom. The predicted octanol–water partition coefficient (Wildman–Crippen LogP) is 4.92. The monoisotopic (exact) mass is 390 g/mol. The molecule has 7 heteroatoms. The van der Waals surface area contributed by atoms with Crippen molar-refractivity contribution in [2.45, 2.75) is 18.2 Å². The number of ketones is 1. The number of aromatic nitrogens is 1. The Labute approximate surface area is 157 Å². The van der Waals surface area contributed by atoms with Crippen LogP contribution >= 0.6 is 23.2 Å². The third kappa shape index (κ3) is 3.26. The molecule has 0 aliphatic heterocycles. The fraction of sp³-hybridized carbons (Fsp3) is 0.111. The molecule has 1 heterocycles. The van der Waals surface area contributed by atoms with Gasteiger partial charge in [0.2, 0.25) is 0 Å². The van der Waals surface area contributed by atoms with Crippen molar-refractivity contribution < 1.29 is 9.35 Å². The topological polar surface area (TPSA) is 68.8 Å². The second-order valence-electron chi connectivity index (χ2n) is 5.44. The van der Waals surface area contributed by atoms with Gasteiger partial charge in [-0.2, -0.15) is 9.23 Å². The van der Waals surface area contributed by atoms with Gasteiger partial charge >= 0.3 is 0 Å². The maximum absolute atomic E-state index is 13.1. The van der Waals surface area contributed by atoms with Gasteiger partial charge in [0.25, 0.3) is 0 Å². The average Bonchev–Trinajstić information content (AvgIpc) is 2.99. The highest BCUT2D eigenvalue weighted by Crippen LogP contribution is 2.35. The van der Waals surface area contributed by atoms with Gasteiger partial charge in [-0.05, 0) is 37.3 Å². The minimum absolute atomic E-state index is 0.166. The number of carbonyl (C=O) groups is 1. The molecule has 4 nitrogen and oxygen atoms in total. The number of hydrogen-bond donors (Lipinski definition) is 0. The number of nitrogens with zero attached hydrogens (tertiary/aromatic N) is 2. The quantitative estimate of drug-likeness (QED) is 0.468. The van der Waals surface area contributed by atoms with Crippen molar-refractivity contribution >= 4 is 51.2 Å². The molecule has 0 spiro atoms. The van der Waals surface area contributed by atoms with Crippen LogP contribution in [0.4, 0.5) is 0 Å². The van der Waals surface area contributed by atoms with Crippen molar-refractivity contribution in [2.24, 2.45) is 0 Å². The standard InChI is InChI=1S/C18H12Cl2N2O2S/c1-11-2-4-12(5-3-11)25(24)22-15-7-6-14(19)18(20)13(15)10-16(22)17(23)8-9-21/h2-7,10H,8H2,1H3. The first-order valence-corrected chi connectivity index (χ1v) is 9.19. The van der Waals surface area contributed by atoms with Gasteiger partial charge in [0.1, 0.15) is 29.0 Å². The minimum Gasteiger partial charge on any atom is -0.587 e. The number of Topliss-reactive ketones (excluding diaryl/α,β-unsaturated/α-hetero) is 1. The number of aryl methyl sites for hydroxylation is 1. The summed E-state index contributed by atoms with van der Waals surface area (Å²) >= 11 is 10.6. The van der Waals surface area contributed by atoms with Crippen molar-refractivity contribution in [3.05, 3.63) is 63.8 Å². The Hall–Kier alpha value is -1.97. The number of fused-ring (bicyclic) bond motifs is 1. The zero-order valence-corrected chi connectivity index (χ0v) is 15.5. The highest BCUT2D eigenvalue weighted by Gasteiger charge is 2.26. The van der Waals surface area contributed by atoms with Crippen LogP contribution in [-0.2, 0) is 11.4 Å². The zero-order valence-electron chi connectivity index (χ0n) is 13.1. The summed E-state index contributed by atoms with van der Waals surface area (Å²) in [4.78, 5) is 12.9. The molecule has 3 rings (SSSR count). The van der Waals surface area contributed by atoms with E-state index in [1.165, 1.54) is 10.0 Å². The number of hydrogen-bond acceptors (Lipinski definition) is 3. The van der Waals surface area contributed by atoms with E-state index in [2.05, 4.69) is 0 Å². The molecule has 0 fully saturated rings. The molecule has 0 N–H and O–H groups in total. The molecule has 126 valence electrons. The molecule has 3 aromatic rings. The van der Waals surface area contributed by atoms with Crippen LogP contribution in [0, 0.1) is 18.3 Å². The van der Waals surface area contributed by atoms with E-state index in [-0.39, 0.29) is 17.1 Å². The fourth-order valence-corrected chi connectivity index (χ4v) is 4.12. The summed E-state index contributed by atoms with van der Waals surface area (Å²) in [6, 6.07) is 13.8. The molecular weight excluding hydrogens is 379 g/mol. The molecule has 1 atom stereocenters. The second kappa shape index (κ2) is 7.11. The Kier molecular flexibility index (Phi) is 5.07. The summed E-state index contributed by atoms with van der Waals surface area (Å²) in [7, 11) is 0. The first-order valence-electron chi connectivity index (χ1n) is 7.32. The largest absolute Gasteiger partial charge is 0.587 e. The summed E-state index contributed by atoms with van der Waals surface area (Å²) in [6.07, 6.45) is -0.313. The lowest BCUT2D eigenvalue weighted by Crippen LogP contribution is -2.18. The van der Waals surface area contributed by atoms with Crippen LogP contribution in [0.2, 0.25) is 10.0 Å². The highest BCUT2D eigenvalue weighted by atomic mass is 35.5. The fourth-order valence-electron chi connectivity index (χ4n) is 2.49. The Morgan fingerprint density at radius 1 is 1.24 bits per heavy atom. The maximum Gasteiger partial charge on any atom is 0.197 e. The summed E-state index contributed by atoms with van der Waals surface area (Å²) in [5.41, 5.74) is 1.72. The molecule has 0 saturated heterocycles. The number of benzene rings is 2. The molecule has 1 aromatic heterocycles. The Balaban J connectivity index is 2.25. The second-order valence-corrected chi connectivity index (χ2v) is 7.56. The van der Waals surface area contributed by atoms with Crippen molar-refractivity contribution in [1.82, 2.24) is 3.97 Å². The lowest BCUT2D eigenvalue weighted by Gasteiger charge is -2.14. The van der Waals surface area contributed by atoms with Gasteiger partial charge in [-0.3, -0.25) is 4.79 Å². The lowest BCUT2D eigenvalue weighted by atomic mass is 10.2. The van der Waals surface area contributed by atoms with Crippen molar-refractivity contribution in [3.8, 4) is 6.07 Å². The smallest absolute Gasteiger partial charge is 0.197 e. The molecule has 25 heavy (non-hydrogen) atoms. The summed E-state index contributed by atoms with van der Waals surface area (Å²) in [5.74, 6) is -0.425. The van der Waals surface area contributed by atoms with Gasteiger partial charge in [-0.1, -0.05) is 40.9 Å². The molecule has 2 aromatic carbocycles. The van der Waals surface area contributed by atoms with Gasteiger partial charge < -0.3 is 4.55 Å². The minimum atomic E-state index is -1.66. The third-order valence-corrected chi connectivity index (χ3v) is 5.96. The van der Waals surface area contributed by atoms with E-state index in [9.17, 15) is 9.35 Å². The van der Waals surface area contributed by atoms with Crippen LogP contribution in [0.15, 0.2) is 47.4 Å². The Morgan fingerprint density at radius 3 is 2.56 bits per heavy atom. The van der Waals surface area contributed by atoms with Crippen molar-refractivity contribution in [1.29, 1.82) is 5.26 Å². The average molecular weight is 391 g/mol. The van der Waals surface area contributed by atoms with Gasteiger partial charge in [-0.25, -0.2) is 0 Å². The van der Waals surface area contributed by atoms with E-state index in [1.807, 2.05) is 25.1 Å². The number of halogens is 2. The van der Waals surface area contributed by atoms with Crippen LogP contribution < -0.4 is 0 Å². The third-order valence-electron chi connectivity index (χ3n) is 3.74. The molecule has 0 aliphatic rings. The van der Waals surface area contributed by atoms with Gasteiger partial charge in [0, 0.05) is 5.39 Å². The number of carbonyl (C=O) groups excluding carboxylic acids is 1. The predicted molar refractivity (Wildman–Crippen MR) is 99.5 cm³/mol. The molecule has 0 radical (unpaired) electrons. The molecule has 0 amide bonds. The highest BCUT2D eigenvalue weighted by molar-refractivity contribution is 7.90. The summed E-state index contributed by atoms with van der Waals surface area (Å²) in [6.45, 7) is 1.93. The Bertz CT molecular complexity index is 1010. The van der Waals surface area contributed by atoms with Crippen molar-refractivity contribution in [2.75, 3.05) is 0 Å². The van der Waals surface area contributed by atoms with Crippen LogP contribution in [-0.4, -0.2) is 14.3 Å². The van der Waals surface area contributed by atoms with E-state index in [1.54, 1.807) is 24.3 Å². The first kappa shape index (κ1) is 17.8. The molecule has 0 aliphatic carbocycles.